The van der Waals surface area contributed by atoms with Crippen molar-refractivity contribution in [1.29, 1.82) is 0 Å². The number of hydrogen-bond acceptors (Lipinski definition) is 4. The Kier molecular flexibility index (Phi) is 8.41. The van der Waals surface area contributed by atoms with Gasteiger partial charge in [-0.3, -0.25) is 0 Å². The van der Waals surface area contributed by atoms with Gasteiger partial charge in [-0.1, -0.05) is 39.3 Å². The molecule has 0 aliphatic carbocycles. The molecular formula is C13H35NO3Si3. The highest BCUT2D eigenvalue weighted by Gasteiger charge is 2.34. The van der Waals surface area contributed by atoms with Gasteiger partial charge < -0.3 is 17.8 Å². The van der Waals surface area contributed by atoms with Crippen molar-refractivity contribution in [3.63, 3.8) is 0 Å². The summed E-state index contributed by atoms with van der Waals surface area (Å²) in [6, 6.07) is 0.986. The predicted molar refractivity (Wildman–Crippen MR) is 94.4 cm³/mol. The first-order valence-corrected chi connectivity index (χ1v) is 16.8. The average Bonchev–Trinajstić information content (AvgIpc) is 2.30. The minimum atomic E-state index is -1.92. The van der Waals surface area contributed by atoms with Gasteiger partial charge in [-0.2, -0.15) is 0 Å². The van der Waals surface area contributed by atoms with Crippen LogP contribution in [0.4, 0.5) is 0 Å². The van der Waals surface area contributed by atoms with E-state index in [9.17, 15) is 0 Å². The van der Waals surface area contributed by atoms with E-state index in [-0.39, 0.29) is 0 Å². The van der Waals surface area contributed by atoms with Crippen LogP contribution in [0.25, 0.3) is 0 Å². The Labute approximate surface area is 129 Å². The largest absolute Gasteiger partial charge is 0.398 e. The summed E-state index contributed by atoms with van der Waals surface area (Å²) in [6.45, 7) is 18.1. The van der Waals surface area contributed by atoms with Gasteiger partial charge in [0.2, 0.25) is 0 Å². The second-order valence-corrected chi connectivity index (χ2v) is 21.2. The molecule has 0 aliphatic rings. The lowest BCUT2D eigenvalue weighted by Crippen LogP contribution is -2.59. The van der Waals surface area contributed by atoms with Crippen LogP contribution in [0.1, 0.15) is 6.42 Å². The summed E-state index contributed by atoms with van der Waals surface area (Å²) >= 11 is 0. The monoisotopic (exact) mass is 337 g/mol. The zero-order valence-corrected chi connectivity index (χ0v) is 18.0. The van der Waals surface area contributed by atoms with Crippen LogP contribution in [-0.2, 0) is 13.6 Å². The highest BCUT2D eigenvalue weighted by Crippen LogP contribution is 2.20. The van der Waals surface area contributed by atoms with Crippen LogP contribution in [-0.4, -0.2) is 56.8 Å². The van der Waals surface area contributed by atoms with Crippen molar-refractivity contribution in [3.05, 3.63) is 0 Å². The average molecular weight is 338 g/mol. The van der Waals surface area contributed by atoms with Gasteiger partial charge in [0.25, 0.3) is 0 Å². The molecule has 0 radical (unpaired) electrons. The van der Waals surface area contributed by atoms with E-state index < -0.39 is 25.0 Å². The van der Waals surface area contributed by atoms with Gasteiger partial charge in [-0.05, 0) is 19.0 Å². The first-order chi connectivity index (χ1) is 8.96. The first kappa shape index (κ1) is 20.5. The van der Waals surface area contributed by atoms with Crippen LogP contribution >= 0.6 is 0 Å². The number of hydrogen-bond donors (Lipinski definition) is 0. The summed E-state index contributed by atoms with van der Waals surface area (Å²) in [5.41, 5.74) is 0. The smallest absolute Gasteiger partial charge is 0.334 e. The van der Waals surface area contributed by atoms with Crippen molar-refractivity contribution in [1.82, 2.24) is 4.23 Å². The summed E-state index contributed by atoms with van der Waals surface area (Å²) in [6.07, 6.45) is 1.01. The van der Waals surface area contributed by atoms with Gasteiger partial charge in [0, 0.05) is 20.8 Å². The third kappa shape index (κ3) is 7.49. The van der Waals surface area contributed by atoms with Gasteiger partial charge in [0.05, 0.1) is 6.73 Å². The van der Waals surface area contributed by atoms with Crippen molar-refractivity contribution < 1.29 is 13.6 Å². The van der Waals surface area contributed by atoms with E-state index in [0.717, 1.165) is 25.8 Å². The van der Waals surface area contributed by atoms with Crippen LogP contribution in [0.3, 0.4) is 0 Å². The molecule has 4 nitrogen and oxygen atoms in total. The second kappa shape index (κ2) is 8.21. The molecule has 0 amide bonds. The number of rotatable bonds is 10. The van der Waals surface area contributed by atoms with Crippen molar-refractivity contribution >= 4 is 25.0 Å². The lowest BCUT2D eigenvalue weighted by Gasteiger charge is -2.43. The van der Waals surface area contributed by atoms with E-state index in [1.807, 2.05) is 0 Å². The molecule has 7 heteroatoms. The molecule has 0 saturated heterocycles. The van der Waals surface area contributed by atoms with Crippen LogP contribution in [0.5, 0.6) is 0 Å². The predicted octanol–water partition coefficient (Wildman–Crippen LogP) is 3.69. The van der Waals surface area contributed by atoms with Crippen molar-refractivity contribution in [2.24, 2.45) is 0 Å². The summed E-state index contributed by atoms with van der Waals surface area (Å²) in [5.74, 6) is 0. The molecule has 0 bridgehead atoms. The Balaban J connectivity index is 4.16. The maximum atomic E-state index is 5.94. The highest BCUT2D eigenvalue weighted by atomic mass is 28.4. The van der Waals surface area contributed by atoms with Crippen molar-refractivity contribution in [3.8, 4) is 0 Å². The third-order valence-electron chi connectivity index (χ3n) is 3.62. The molecule has 0 atom stereocenters. The molecule has 0 spiro atoms. The van der Waals surface area contributed by atoms with Gasteiger partial charge in [0.1, 0.15) is 16.5 Å². The molecule has 0 aromatic rings. The molecule has 0 heterocycles. The van der Waals surface area contributed by atoms with Crippen LogP contribution in [0, 0.1) is 0 Å². The maximum absolute atomic E-state index is 5.94. The van der Waals surface area contributed by atoms with Gasteiger partial charge in [-0.15, -0.1) is 0 Å². The Morgan fingerprint density at radius 1 is 0.800 bits per heavy atom. The molecule has 0 rings (SSSR count). The molecule has 0 N–H and O–H groups in total. The summed E-state index contributed by atoms with van der Waals surface area (Å²) in [7, 11) is -1.04. The minimum absolute atomic E-state index is 0.781. The summed E-state index contributed by atoms with van der Waals surface area (Å²) in [5, 5.41) is 0. The minimum Gasteiger partial charge on any atom is -0.398 e. The number of ether oxygens (including phenoxy) is 1. The van der Waals surface area contributed by atoms with Crippen LogP contribution < -0.4 is 0 Å². The Morgan fingerprint density at radius 2 is 1.25 bits per heavy atom. The number of nitrogens with zero attached hydrogens (tertiary/aromatic N) is 1. The van der Waals surface area contributed by atoms with Crippen LogP contribution in [0.15, 0.2) is 0 Å². The van der Waals surface area contributed by atoms with E-state index in [1.54, 1.807) is 14.2 Å². The standard InChI is InChI=1S/C13H35NO3Si3/c1-15-20(9,16-2)12-10-11-17-13-14(18(3,4)5)19(6,7)8/h10-13H2,1-9H3. The van der Waals surface area contributed by atoms with E-state index in [1.165, 1.54) is 0 Å². The molecule has 122 valence electrons. The third-order valence-corrected chi connectivity index (χ3v) is 14.1. The Morgan fingerprint density at radius 3 is 1.60 bits per heavy atom. The van der Waals surface area contributed by atoms with E-state index >= 15 is 0 Å². The van der Waals surface area contributed by atoms with Crippen molar-refractivity contribution in [2.75, 3.05) is 27.6 Å². The summed E-state index contributed by atoms with van der Waals surface area (Å²) in [4.78, 5) is 0. The maximum Gasteiger partial charge on any atom is 0.334 e. The highest BCUT2D eigenvalue weighted by molar-refractivity contribution is 6.89. The Bertz CT molecular complexity index is 259. The molecule has 0 fully saturated rings. The van der Waals surface area contributed by atoms with E-state index in [0.29, 0.717) is 0 Å². The van der Waals surface area contributed by atoms with Gasteiger partial charge in [0.15, 0.2) is 0 Å². The van der Waals surface area contributed by atoms with E-state index in [2.05, 4.69) is 50.1 Å². The summed E-state index contributed by atoms with van der Waals surface area (Å²) < 4.78 is 19.6. The quantitative estimate of drug-likeness (QED) is 0.346. The molecular weight excluding hydrogens is 302 g/mol. The Hall–Kier alpha value is 0.491. The van der Waals surface area contributed by atoms with Gasteiger partial charge >= 0.3 is 8.56 Å². The van der Waals surface area contributed by atoms with E-state index in [4.69, 9.17) is 13.6 Å². The topological polar surface area (TPSA) is 30.9 Å². The fourth-order valence-electron chi connectivity index (χ4n) is 2.33. The molecule has 20 heavy (non-hydrogen) atoms. The second-order valence-electron chi connectivity index (χ2n) is 7.45. The molecule has 0 aromatic heterocycles. The zero-order valence-electron chi connectivity index (χ0n) is 15.0. The van der Waals surface area contributed by atoms with Crippen molar-refractivity contribution in [2.45, 2.75) is 58.3 Å². The molecule has 0 unspecified atom stereocenters. The fourth-order valence-corrected chi connectivity index (χ4v) is 12.7. The lowest BCUT2D eigenvalue weighted by molar-refractivity contribution is 0.0920. The lowest BCUT2D eigenvalue weighted by atomic mass is 10.5. The molecule has 0 aromatic carbocycles. The SMILES string of the molecule is CO[Si](C)(CCCOCN([Si](C)(C)C)[Si](C)(C)C)OC. The first-order valence-electron chi connectivity index (χ1n) is 7.42. The van der Waals surface area contributed by atoms with Crippen LogP contribution in [0.2, 0.25) is 51.9 Å². The fraction of sp³-hybridized carbons (Fsp3) is 1.00. The zero-order chi connectivity index (χ0) is 16.0. The molecule has 0 aliphatic heterocycles. The normalized spacial score (nSPS) is 14.1. The van der Waals surface area contributed by atoms with Gasteiger partial charge in [-0.25, -0.2) is 0 Å². The molecule has 0 saturated carbocycles.